The van der Waals surface area contributed by atoms with E-state index in [4.69, 9.17) is 9.84 Å². The normalized spacial score (nSPS) is 10.3. The summed E-state index contributed by atoms with van der Waals surface area (Å²) in [5, 5.41) is 9.00. The molecule has 0 aliphatic carbocycles. The van der Waals surface area contributed by atoms with Crippen LogP contribution in [-0.4, -0.2) is 42.1 Å². The van der Waals surface area contributed by atoms with Crippen LogP contribution in [0.5, 0.6) is 5.75 Å². The number of rotatable bonds is 8. The van der Waals surface area contributed by atoms with Crippen LogP contribution >= 0.6 is 0 Å². The van der Waals surface area contributed by atoms with Crippen molar-refractivity contribution < 1.29 is 19.4 Å². The number of aryl methyl sites for hydroxylation is 1. The highest BCUT2D eigenvalue weighted by Gasteiger charge is 2.11. The number of carboxylic acid groups (broad SMARTS) is 1. The topological polar surface area (TPSA) is 66.8 Å². The zero-order valence-electron chi connectivity index (χ0n) is 14.6. The number of nitrogens with zero attached hydrogens (tertiary/aromatic N) is 1. The Labute approximate surface area is 147 Å². The van der Waals surface area contributed by atoms with Crippen LogP contribution in [0, 0.1) is 6.92 Å². The second-order valence-electron chi connectivity index (χ2n) is 5.97. The summed E-state index contributed by atoms with van der Waals surface area (Å²) in [5.41, 5.74) is 1.98. The van der Waals surface area contributed by atoms with E-state index in [0.29, 0.717) is 18.7 Å². The molecule has 0 spiro atoms. The van der Waals surface area contributed by atoms with Crippen LogP contribution in [0.15, 0.2) is 48.5 Å². The number of para-hydroxylation sites is 1. The number of ether oxygens (including phenoxy) is 1. The first-order chi connectivity index (χ1) is 12.0. The summed E-state index contributed by atoms with van der Waals surface area (Å²) >= 11 is 0. The SMILES string of the molecule is Cc1ccccc1OCCCN(C)C(=O)Cc1cccc(C(=O)O)c1. The van der Waals surface area contributed by atoms with E-state index in [0.717, 1.165) is 17.7 Å². The molecule has 132 valence electrons. The number of aromatic carboxylic acids is 1. The van der Waals surface area contributed by atoms with Crippen LogP contribution in [0.25, 0.3) is 0 Å². The Bertz CT molecular complexity index is 742. The minimum Gasteiger partial charge on any atom is -0.493 e. The van der Waals surface area contributed by atoms with Crippen LogP contribution in [0.4, 0.5) is 0 Å². The third-order valence-electron chi connectivity index (χ3n) is 3.94. The molecule has 0 saturated heterocycles. The Hall–Kier alpha value is -2.82. The standard InChI is InChI=1S/C20H23NO4/c1-15-7-3-4-10-18(15)25-12-6-11-21(2)19(22)14-16-8-5-9-17(13-16)20(23)24/h3-5,7-10,13H,6,11-12,14H2,1-2H3,(H,23,24). The van der Waals surface area contributed by atoms with Crippen molar-refractivity contribution in [1.82, 2.24) is 4.90 Å². The van der Waals surface area contributed by atoms with Gasteiger partial charge < -0.3 is 14.7 Å². The summed E-state index contributed by atoms with van der Waals surface area (Å²) in [6.07, 6.45) is 0.919. The Morgan fingerprint density at radius 2 is 1.88 bits per heavy atom. The van der Waals surface area contributed by atoms with Gasteiger partial charge in [0.15, 0.2) is 0 Å². The molecule has 0 saturated carbocycles. The van der Waals surface area contributed by atoms with Gasteiger partial charge in [-0.3, -0.25) is 4.79 Å². The molecule has 2 rings (SSSR count). The number of amides is 1. The van der Waals surface area contributed by atoms with Crippen molar-refractivity contribution in [2.45, 2.75) is 19.8 Å². The van der Waals surface area contributed by atoms with Gasteiger partial charge in [0, 0.05) is 13.6 Å². The number of hydrogen-bond acceptors (Lipinski definition) is 3. The largest absolute Gasteiger partial charge is 0.493 e. The molecule has 2 aromatic carbocycles. The lowest BCUT2D eigenvalue weighted by Crippen LogP contribution is -2.30. The van der Waals surface area contributed by atoms with Gasteiger partial charge in [-0.2, -0.15) is 0 Å². The molecule has 0 aliphatic rings. The summed E-state index contributed by atoms with van der Waals surface area (Å²) < 4.78 is 5.72. The van der Waals surface area contributed by atoms with Crippen molar-refractivity contribution in [2.24, 2.45) is 0 Å². The van der Waals surface area contributed by atoms with Gasteiger partial charge in [0.05, 0.1) is 18.6 Å². The lowest BCUT2D eigenvalue weighted by atomic mass is 10.1. The average molecular weight is 341 g/mol. The van der Waals surface area contributed by atoms with Gasteiger partial charge >= 0.3 is 5.97 Å². The Morgan fingerprint density at radius 3 is 2.60 bits per heavy atom. The first-order valence-corrected chi connectivity index (χ1v) is 8.22. The molecule has 1 amide bonds. The quantitative estimate of drug-likeness (QED) is 0.749. The first-order valence-electron chi connectivity index (χ1n) is 8.22. The van der Waals surface area contributed by atoms with Crippen molar-refractivity contribution in [3.05, 3.63) is 65.2 Å². The van der Waals surface area contributed by atoms with Crippen LogP contribution in [0.1, 0.15) is 27.9 Å². The van der Waals surface area contributed by atoms with E-state index in [1.54, 1.807) is 24.1 Å². The van der Waals surface area contributed by atoms with E-state index in [1.165, 1.54) is 12.1 Å². The molecule has 0 atom stereocenters. The Balaban J connectivity index is 1.77. The number of benzene rings is 2. The third-order valence-corrected chi connectivity index (χ3v) is 3.94. The highest BCUT2D eigenvalue weighted by atomic mass is 16.5. The fourth-order valence-corrected chi connectivity index (χ4v) is 2.45. The maximum atomic E-state index is 12.2. The van der Waals surface area contributed by atoms with Gasteiger partial charge in [0.1, 0.15) is 5.75 Å². The van der Waals surface area contributed by atoms with Crippen LogP contribution < -0.4 is 4.74 Å². The van der Waals surface area contributed by atoms with Gasteiger partial charge in [-0.15, -0.1) is 0 Å². The zero-order valence-corrected chi connectivity index (χ0v) is 14.6. The maximum Gasteiger partial charge on any atom is 0.335 e. The molecule has 5 nitrogen and oxygen atoms in total. The minimum atomic E-state index is -0.990. The van der Waals surface area contributed by atoms with E-state index in [9.17, 15) is 9.59 Å². The van der Waals surface area contributed by atoms with Gasteiger partial charge in [-0.05, 0) is 42.7 Å². The van der Waals surface area contributed by atoms with Crippen LogP contribution in [0.3, 0.4) is 0 Å². The molecular formula is C20H23NO4. The molecule has 0 unspecified atom stereocenters. The molecule has 0 fully saturated rings. The lowest BCUT2D eigenvalue weighted by molar-refractivity contribution is -0.129. The van der Waals surface area contributed by atoms with Crippen molar-refractivity contribution in [3.8, 4) is 5.75 Å². The van der Waals surface area contributed by atoms with Crippen LogP contribution in [0.2, 0.25) is 0 Å². The highest BCUT2D eigenvalue weighted by molar-refractivity contribution is 5.88. The summed E-state index contributed by atoms with van der Waals surface area (Å²) in [6, 6.07) is 14.3. The smallest absolute Gasteiger partial charge is 0.335 e. The second-order valence-corrected chi connectivity index (χ2v) is 5.97. The number of carboxylic acids is 1. The average Bonchev–Trinajstić information content (AvgIpc) is 2.60. The summed E-state index contributed by atoms with van der Waals surface area (Å²) in [7, 11) is 1.75. The minimum absolute atomic E-state index is 0.0431. The molecular weight excluding hydrogens is 318 g/mol. The fourth-order valence-electron chi connectivity index (χ4n) is 2.45. The van der Waals surface area contributed by atoms with E-state index in [-0.39, 0.29) is 17.9 Å². The number of carbonyl (C=O) groups excluding carboxylic acids is 1. The van der Waals surface area contributed by atoms with Crippen molar-refractivity contribution in [2.75, 3.05) is 20.2 Å². The van der Waals surface area contributed by atoms with Gasteiger partial charge in [-0.25, -0.2) is 4.79 Å². The molecule has 0 aromatic heterocycles. The fraction of sp³-hybridized carbons (Fsp3) is 0.300. The molecule has 0 bridgehead atoms. The van der Waals surface area contributed by atoms with Crippen molar-refractivity contribution in [3.63, 3.8) is 0 Å². The third kappa shape index (κ3) is 5.64. The predicted octanol–water partition coefficient (Wildman–Crippen LogP) is 3.16. The summed E-state index contributed by atoms with van der Waals surface area (Å²) in [6.45, 7) is 3.12. The molecule has 5 heteroatoms. The highest BCUT2D eigenvalue weighted by Crippen LogP contribution is 2.16. The molecule has 0 heterocycles. The van der Waals surface area contributed by atoms with Crippen molar-refractivity contribution in [1.29, 1.82) is 0 Å². The van der Waals surface area contributed by atoms with E-state index < -0.39 is 5.97 Å². The van der Waals surface area contributed by atoms with E-state index in [1.807, 2.05) is 31.2 Å². The van der Waals surface area contributed by atoms with Crippen molar-refractivity contribution >= 4 is 11.9 Å². The van der Waals surface area contributed by atoms with Crippen LogP contribution in [-0.2, 0) is 11.2 Å². The molecule has 2 aromatic rings. The molecule has 25 heavy (non-hydrogen) atoms. The van der Waals surface area contributed by atoms with Gasteiger partial charge in [0.2, 0.25) is 5.91 Å². The van der Waals surface area contributed by atoms with E-state index in [2.05, 4.69) is 0 Å². The monoisotopic (exact) mass is 341 g/mol. The van der Waals surface area contributed by atoms with E-state index >= 15 is 0 Å². The maximum absolute atomic E-state index is 12.2. The summed E-state index contributed by atoms with van der Waals surface area (Å²) in [5.74, 6) is -0.170. The zero-order chi connectivity index (χ0) is 18.2. The molecule has 1 N–H and O–H groups in total. The predicted molar refractivity (Wildman–Crippen MR) is 96.0 cm³/mol. The lowest BCUT2D eigenvalue weighted by Gasteiger charge is -2.17. The Morgan fingerprint density at radius 1 is 1.12 bits per heavy atom. The number of carbonyl (C=O) groups is 2. The molecule has 0 aliphatic heterocycles. The van der Waals surface area contributed by atoms with Gasteiger partial charge in [0.25, 0.3) is 0 Å². The summed E-state index contributed by atoms with van der Waals surface area (Å²) in [4.78, 5) is 24.9. The number of hydrogen-bond donors (Lipinski definition) is 1. The Kier molecular flexibility index (Phi) is 6.57. The first kappa shape index (κ1) is 18.5. The second kappa shape index (κ2) is 8.87. The van der Waals surface area contributed by atoms with Gasteiger partial charge in [-0.1, -0.05) is 30.3 Å². The number of likely N-dealkylation sites (N-methyl/N-ethyl adjacent to an activating group) is 1. The molecule has 0 radical (unpaired) electrons.